The van der Waals surface area contributed by atoms with E-state index in [1.54, 1.807) is 17.0 Å². The van der Waals surface area contributed by atoms with Gasteiger partial charge in [0.1, 0.15) is 17.4 Å². The van der Waals surface area contributed by atoms with Crippen molar-refractivity contribution in [1.29, 1.82) is 0 Å². The summed E-state index contributed by atoms with van der Waals surface area (Å²) in [7, 11) is 0. The zero-order valence-corrected chi connectivity index (χ0v) is 18.1. The Hall–Kier alpha value is -3.16. The highest BCUT2D eigenvalue weighted by Gasteiger charge is 2.32. The fourth-order valence-corrected chi connectivity index (χ4v) is 3.92. The van der Waals surface area contributed by atoms with Crippen LogP contribution in [-0.4, -0.2) is 34.1 Å². The molecule has 1 aliphatic rings. The monoisotopic (exact) mass is 425 g/mol. The van der Waals surface area contributed by atoms with Crippen molar-refractivity contribution in [3.8, 4) is 5.75 Å². The summed E-state index contributed by atoms with van der Waals surface area (Å²) >= 11 is 0. The van der Waals surface area contributed by atoms with Crippen molar-refractivity contribution in [3.63, 3.8) is 0 Å². The van der Waals surface area contributed by atoms with Crippen molar-refractivity contribution in [2.45, 2.75) is 58.4 Å². The molecule has 0 saturated carbocycles. The van der Waals surface area contributed by atoms with Gasteiger partial charge in [-0.25, -0.2) is 4.79 Å². The van der Waals surface area contributed by atoms with E-state index in [1.807, 2.05) is 26.8 Å². The van der Waals surface area contributed by atoms with Crippen molar-refractivity contribution < 1.29 is 18.5 Å². The number of ether oxygens (including phenoxy) is 1. The van der Waals surface area contributed by atoms with Crippen LogP contribution < -0.4 is 10.4 Å². The number of amides is 1. The Balaban J connectivity index is 1.48. The summed E-state index contributed by atoms with van der Waals surface area (Å²) in [5, 5.41) is 4.91. The number of benzene rings is 1. The number of aromatic nitrogens is 2. The van der Waals surface area contributed by atoms with E-state index in [2.05, 4.69) is 10.1 Å². The van der Waals surface area contributed by atoms with Gasteiger partial charge in [0.15, 0.2) is 12.4 Å². The van der Waals surface area contributed by atoms with Gasteiger partial charge in [0, 0.05) is 30.0 Å². The van der Waals surface area contributed by atoms with Gasteiger partial charge >= 0.3 is 5.63 Å². The van der Waals surface area contributed by atoms with E-state index in [-0.39, 0.29) is 24.5 Å². The maximum Gasteiger partial charge on any atom is 0.336 e. The number of carbonyl (C=O) groups is 1. The SMILES string of the molecule is CCc1cc(=O)oc2cc(OCC(=O)N3CCCCC3c3nc(C(C)C)no3)ccc12. The number of piperidine rings is 1. The highest BCUT2D eigenvalue weighted by atomic mass is 16.5. The second-order valence-corrected chi connectivity index (χ2v) is 8.14. The Kier molecular flexibility index (Phi) is 6.06. The van der Waals surface area contributed by atoms with Crippen molar-refractivity contribution in [2.75, 3.05) is 13.2 Å². The fraction of sp³-hybridized carbons (Fsp3) is 0.478. The molecule has 0 spiro atoms. The Morgan fingerprint density at radius 3 is 2.87 bits per heavy atom. The normalized spacial score (nSPS) is 16.8. The number of fused-ring (bicyclic) bond motifs is 1. The molecule has 1 fully saturated rings. The van der Waals surface area contributed by atoms with Crippen LogP contribution in [0.1, 0.15) is 69.3 Å². The highest BCUT2D eigenvalue weighted by molar-refractivity contribution is 5.82. The largest absolute Gasteiger partial charge is 0.484 e. The zero-order valence-electron chi connectivity index (χ0n) is 18.1. The van der Waals surface area contributed by atoms with E-state index in [4.69, 9.17) is 13.7 Å². The van der Waals surface area contributed by atoms with Gasteiger partial charge in [-0.2, -0.15) is 4.98 Å². The Bertz CT molecular complexity index is 1130. The molecule has 8 heteroatoms. The van der Waals surface area contributed by atoms with Crippen LogP contribution in [-0.2, 0) is 11.2 Å². The average molecular weight is 425 g/mol. The van der Waals surface area contributed by atoms with E-state index >= 15 is 0 Å². The molecule has 1 aromatic carbocycles. The van der Waals surface area contributed by atoms with Crippen LogP contribution in [0.5, 0.6) is 5.75 Å². The zero-order chi connectivity index (χ0) is 22.0. The summed E-state index contributed by atoms with van der Waals surface area (Å²) in [4.78, 5) is 31.0. The third-order valence-electron chi connectivity index (χ3n) is 5.63. The van der Waals surface area contributed by atoms with Crippen LogP contribution in [0.4, 0.5) is 0 Å². The predicted molar refractivity (Wildman–Crippen MR) is 114 cm³/mol. The molecule has 0 aliphatic carbocycles. The lowest BCUT2D eigenvalue weighted by atomic mass is 10.0. The minimum Gasteiger partial charge on any atom is -0.484 e. The highest BCUT2D eigenvalue weighted by Crippen LogP contribution is 2.31. The second-order valence-electron chi connectivity index (χ2n) is 8.14. The van der Waals surface area contributed by atoms with E-state index in [1.165, 1.54) is 6.07 Å². The maximum absolute atomic E-state index is 13.0. The lowest BCUT2D eigenvalue weighted by molar-refractivity contribution is -0.138. The first-order valence-electron chi connectivity index (χ1n) is 10.8. The van der Waals surface area contributed by atoms with E-state index in [0.717, 1.165) is 36.6 Å². The molecule has 1 atom stereocenters. The molecule has 4 rings (SSSR count). The minimum atomic E-state index is -0.394. The topological polar surface area (TPSA) is 98.7 Å². The van der Waals surface area contributed by atoms with E-state index < -0.39 is 5.63 Å². The molecular formula is C23H27N3O5. The summed E-state index contributed by atoms with van der Waals surface area (Å²) < 4.78 is 16.5. The molecule has 8 nitrogen and oxygen atoms in total. The molecule has 1 amide bonds. The Morgan fingerprint density at radius 2 is 2.13 bits per heavy atom. The van der Waals surface area contributed by atoms with Crippen molar-refractivity contribution in [1.82, 2.24) is 15.0 Å². The summed E-state index contributed by atoms with van der Waals surface area (Å²) in [6, 6.07) is 6.57. The third kappa shape index (κ3) is 4.47. The van der Waals surface area contributed by atoms with Gasteiger partial charge < -0.3 is 18.6 Å². The number of aryl methyl sites for hydroxylation is 1. The first-order valence-corrected chi connectivity index (χ1v) is 10.8. The first kappa shape index (κ1) is 21.1. The predicted octanol–water partition coefficient (Wildman–Crippen LogP) is 3.99. The first-order chi connectivity index (χ1) is 15.0. The minimum absolute atomic E-state index is 0.120. The molecular weight excluding hydrogens is 398 g/mol. The smallest absolute Gasteiger partial charge is 0.336 e. The molecule has 31 heavy (non-hydrogen) atoms. The second kappa shape index (κ2) is 8.91. The van der Waals surface area contributed by atoms with Gasteiger partial charge in [-0.1, -0.05) is 25.9 Å². The van der Waals surface area contributed by atoms with Crippen LogP contribution in [0.25, 0.3) is 11.0 Å². The quantitative estimate of drug-likeness (QED) is 0.551. The summed E-state index contributed by atoms with van der Waals surface area (Å²) in [5.41, 5.74) is 0.983. The van der Waals surface area contributed by atoms with Crippen LogP contribution in [0.2, 0.25) is 0 Å². The van der Waals surface area contributed by atoms with Gasteiger partial charge in [0.2, 0.25) is 5.89 Å². The van der Waals surface area contributed by atoms with Crippen LogP contribution in [0.3, 0.4) is 0 Å². The van der Waals surface area contributed by atoms with Gasteiger partial charge in [-0.3, -0.25) is 4.79 Å². The van der Waals surface area contributed by atoms with Crippen molar-refractivity contribution >= 4 is 16.9 Å². The van der Waals surface area contributed by atoms with Crippen molar-refractivity contribution in [2.24, 2.45) is 0 Å². The number of hydrogen-bond donors (Lipinski definition) is 0. The van der Waals surface area contributed by atoms with Crippen LogP contribution in [0, 0.1) is 0 Å². The summed E-state index contributed by atoms with van der Waals surface area (Å²) in [6.45, 7) is 6.49. The van der Waals surface area contributed by atoms with Gasteiger partial charge in [-0.05, 0) is 43.4 Å². The average Bonchev–Trinajstić information content (AvgIpc) is 3.27. The van der Waals surface area contributed by atoms with Crippen LogP contribution in [0.15, 0.2) is 38.0 Å². The molecule has 3 aromatic rings. The molecule has 3 heterocycles. The Morgan fingerprint density at radius 1 is 1.29 bits per heavy atom. The molecule has 2 aromatic heterocycles. The number of likely N-dealkylation sites (tertiary alicyclic amines) is 1. The van der Waals surface area contributed by atoms with Crippen molar-refractivity contribution in [3.05, 3.63) is 52.0 Å². The lowest BCUT2D eigenvalue weighted by Gasteiger charge is -2.33. The number of nitrogens with zero attached hydrogens (tertiary/aromatic N) is 3. The van der Waals surface area contributed by atoms with Crippen LogP contribution >= 0.6 is 0 Å². The summed E-state index contributed by atoms with van der Waals surface area (Å²) in [5.74, 6) is 1.63. The van der Waals surface area contributed by atoms with E-state index in [0.29, 0.717) is 29.6 Å². The van der Waals surface area contributed by atoms with Gasteiger partial charge in [0.05, 0.1) is 0 Å². The molecule has 0 N–H and O–H groups in total. The number of rotatable bonds is 6. The number of carbonyl (C=O) groups excluding carboxylic acids is 1. The molecule has 0 bridgehead atoms. The molecule has 0 radical (unpaired) electrons. The molecule has 1 aliphatic heterocycles. The Labute approximate surface area is 180 Å². The molecule has 1 unspecified atom stereocenters. The van der Waals surface area contributed by atoms with Gasteiger partial charge in [0.25, 0.3) is 5.91 Å². The van der Waals surface area contributed by atoms with Gasteiger partial charge in [-0.15, -0.1) is 0 Å². The molecule has 164 valence electrons. The lowest BCUT2D eigenvalue weighted by Crippen LogP contribution is -2.41. The molecule has 1 saturated heterocycles. The number of hydrogen-bond acceptors (Lipinski definition) is 7. The maximum atomic E-state index is 13.0. The van der Waals surface area contributed by atoms with E-state index in [9.17, 15) is 9.59 Å². The third-order valence-corrected chi connectivity index (χ3v) is 5.63. The summed E-state index contributed by atoms with van der Waals surface area (Å²) in [6.07, 6.45) is 3.43. The standard InChI is InChI=1S/C23H27N3O5/c1-4-15-11-21(28)30-19-12-16(8-9-17(15)19)29-13-20(27)26-10-6-5-7-18(26)23-24-22(14(2)3)25-31-23/h8-9,11-12,14,18H,4-7,10,13H2,1-3H3. The fourth-order valence-electron chi connectivity index (χ4n) is 3.92.